The molecule has 1 atom stereocenters. The summed E-state index contributed by atoms with van der Waals surface area (Å²) in [6.45, 7) is 9.49. The van der Waals surface area contributed by atoms with E-state index in [1.807, 2.05) is 32.6 Å². The van der Waals surface area contributed by atoms with Gasteiger partial charge in [0, 0.05) is 19.2 Å². The molecule has 0 unspecified atom stereocenters. The molecule has 2 rings (SSSR count). The fraction of sp³-hybridized carbons (Fsp3) is 0.706. The zero-order valence-corrected chi connectivity index (χ0v) is 15.0. The first kappa shape index (κ1) is 18.3. The van der Waals surface area contributed by atoms with Gasteiger partial charge in [0.25, 0.3) is 0 Å². The van der Waals surface area contributed by atoms with Crippen molar-refractivity contribution in [1.29, 1.82) is 0 Å². The highest BCUT2D eigenvalue weighted by molar-refractivity contribution is 5.68. The predicted molar refractivity (Wildman–Crippen MR) is 92.3 cm³/mol. The summed E-state index contributed by atoms with van der Waals surface area (Å²) in [4.78, 5) is 22.5. The molecule has 0 radical (unpaired) electrons. The Morgan fingerprint density at radius 2 is 2.17 bits per heavy atom. The molecule has 7 nitrogen and oxygen atoms in total. The average Bonchev–Trinajstić information content (AvgIpc) is 2.52. The summed E-state index contributed by atoms with van der Waals surface area (Å²) in [7, 11) is 0. The van der Waals surface area contributed by atoms with Crippen molar-refractivity contribution >= 4 is 11.9 Å². The molecule has 0 aromatic carbocycles. The smallest absolute Gasteiger partial charge is 0.410 e. The molecule has 1 aromatic heterocycles. The van der Waals surface area contributed by atoms with Crippen LogP contribution >= 0.6 is 0 Å². The van der Waals surface area contributed by atoms with E-state index in [1.165, 1.54) is 6.33 Å². The van der Waals surface area contributed by atoms with Gasteiger partial charge in [-0.2, -0.15) is 0 Å². The van der Waals surface area contributed by atoms with Gasteiger partial charge in [0.15, 0.2) is 0 Å². The van der Waals surface area contributed by atoms with Crippen molar-refractivity contribution in [3.63, 3.8) is 0 Å². The number of hydrogen-bond donors (Lipinski definition) is 1. The van der Waals surface area contributed by atoms with E-state index >= 15 is 0 Å². The Bertz CT molecular complexity index is 545. The normalized spacial score (nSPS) is 18.2. The van der Waals surface area contributed by atoms with Gasteiger partial charge in [-0.05, 0) is 47.0 Å². The van der Waals surface area contributed by atoms with Crippen LogP contribution in [0.4, 0.5) is 10.6 Å². The van der Waals surface area contributed by atoms with E-state index in [0.717, 1.165) is 25.8 Å². The summed E-state index contributed by atoms with van der Waals surface area (Å²) < 4.78 is 10.9. The van der Waals surface area contributed by atoms with Crippen molar-refractivity contribution in [2.75, 3.05) is 25.0 Å². The van der Waals surface area contributed by atoms with Crippen molar-refractivity contribution in [1.82, 2.24) is 14.9 Å². The molecule has 1 aliphatic rings. The molecule has 1 amide bonds. The third-order valence-electron chi connectivity index (χ3n) is 3.71. The highest BCUT2D eigenvalue weighted by Crippen LogP contribution is 2.21. The van der Waals surface area contributed by atoms with Crippen molar-refractivity contribution in [2.24, 2.45) is 0 Å². The molecular formula is C17H28N4O3. The van der Waals surface area contributed by atoms with Crippen LogP contribution in [0.3, 0.4) is 0 Å². The van der Waals surface area contributed by atoms with Crippen LogP contribution in [0.2, 0.25) is 0 Å². The van der Waals surface area contributed by atoms with E-state index in [2.05, 4.69) is 15.3 Å². The Balaban J connectivity index is 1.96. The number of aromatic nitrogens is 2. The van der Waals surface area contributed by atoms with E-state index in [1.54, 1.807) is 6.07 Å². The van der Waals surface area contributed by atoms with Gasteiger partial charge >= 0.3 is 6.09 Å². The number of ether oxygens (including phenoxy) is 2. The topological polar surface area (TPSA) is 76.6 Å². The Hall–Kier alpha value is -2.05. The largest absolute Gasteiger partial charge is 0.478 e. The first-order valence-electron chi connectivity index (χ1n) is 8.57. The van der Waals surface area contributed by atoms with Crippen molar-refractivity contribution < 1.29 is 14.3 Å². The molecule has 7 heteroatoms. The molecule has 2 heterocycles. The van der Waals surface area contributed by atoms with E-state index in [4.69, 9.17) is 9.47 Å². The number of hydrogen-bond acceptors (Lipinski definition) is 6. The van der Waals surface area contributed by atoms with Crippen LogP contribution in [0.1, 0.15) is 47.0 Å². The monoisotopic (exact) mass is 336 g/mol. The molecule has 1 aliphatic heterocycles. The maximum atomic E-state index is 12.4. The Morgan fingerprint density at radius 3 is 2.88 bits per heavy atom. The van der Waals surface area contributed by atoms with Crippen LogP contribution in [0.15, 0.2) is 12.4 Å². The lowest BCUT2D eigenvalue weighted by atomic mass is 10.0. The lowest BCUT2D eigenvalue weighted by Crippen LogP contribution is -2.48. The van der Waals surface area contributed by atoms with Gasteiger partial charge in [0.05, 0.1) is 12.6 Å². The average molecular weight is 336 g/mol. The molecule has 1 saturated heterocycles. The minimum absolute atomic E-state index is 0.0964. The summed E-state index contributed by atoms with van der Waals surface area (Å²) in [5.41, 5.74) is -0.481. The Labute approximate surface area is 143 Å². The van der Waals surface area contributed by atoms with Crippen molar-refractivity contribution in [2.45, 2.75) is 58.6 Å². The maximum Gasteiger partial charge on any atom is 0.410 e. The lowest BCUT2D eigenvalue weighted by Gasteiger charge is -2.36. The highest BCUT2D eigenvalue weighted by atomic mass is 16.6. The first-order chi connectivity index (χ1) is 11.4. The van der Waals surface area contributed by atoms with E-state index in [0.29, 0.717) is 24.8 Å². The molecule has 0 aliphatic carbocycles. The third kappa shape index (κ3) is 5.54. The molecule has 1 aromatic rings. The zero-order valence-electron chi connectivity index (χ0n) is 15.0. The molecular weight excluding hydrogens is 308 g/mol. The molecule has 24 heavy (non-hydrogen) atoms. The quantitative estimate of drug-likeness (QED) is 0.890. The van der Waals surface area contributed by atoms with Gasteiger partial charge < -0.3 is 19.7 Å². The number of anilines is 1. The number of piperidine rings is 1. The SMILES string of the molecule is CCOc1cc(NC[C@H]2CCCCN2C(=O)OC(C)(C)C)ncn1. The Morgan fingerprint density at radius 1 is 1.38 bits per heavy atom. The van der Waals surface area contributed by atoms with Crippen LogP contribution in [-0.2, 0) is 4.74 Å². The summed E-state index contributed by atoms with van der Waals surface area (Å²) in [5, 5.41) is 3.28. The number of likely N-dealkylation sites (tertiary alicyclic amines) is 1. The summed E-state index contributed by atoms with van der Waals surface area (Å²) in [5.74, 6) is 1.24. The van der Waals surface area contributed by atoms with Gasteiger partial charge in [-0.25, -0.2) is 14.8 Å². The Kier molecular flexibility index (Phi) is 6.23. The van der Waals surface area contributed by atoms with Gasteiger partial charge in [-0.3, -0.25) is 0 Å². The van der Waals surface area contributed by atoms with Gasteiger partial charge in [-0.15, -0.1) is 0 Å². The summed E-state index contributed by atoms with van der Waals surface area (Å²) in [6, 6.07) is 1.86. The summed E-state index contributed by atoms with van der Waals surface area (Å²) >= 11 is 0. The molecule has 0 bridgehead atoms. The number of carbonyl (C=O) groups is 1. The zero-order chi connectivity index (χ0) is 17.6. The predicted octanol–water partition coefficient (Wildman–Crippen LogP) is 3.08. The lowest BCUT2D eigenvalue weighted by molar-refractivity contribution is 0.0114. The minimum Gasteiger partial charge on any atom is -0.478 e. The first-order valence-corrected chi connectivity index (χ1v) is 8.57. The number of carbonyl (C=O) groups excluding carboxylic acids is 1. The highest BCUT2D eigenvalue weighted by Gasteiger charge is 2.30. The molecule has 134 valence electrons. The second-order valence-electron chi connectivity index (χ2n) is 6.88. The van der Waals surface area contributed by atoms with Gasteiger partial charge in [0.2, 0.25) is 5.88 Å². The van der Waals surface area contributed by atoms with Gasteiger partial charge in [-0.1, -0.05) is 0 Å². The van der Waals surface area contributed by atoms with Crippen LogP contribution in [0.5, 0.6) is 5.88 Å². The van der Waals surface area contributed by atoms with Crippen molar-refractivity contribution in [3.05, 3.63) is 12.4 Å². The fourth-order valence-corrected chi connectivity index (χ4v) is 2.66. The molecule has 0 spiro atoms. The third-order valence-corrected chi connectivity index (χ3v) is 3.71. The van der Waals surface area contributed by atoms with Crippen LogP contribution in [0.25, 0.3) is 0 Å². The fourth-order valence-electron chi connectivity index (χ4n) is 2.66. The second-order valence-corrected chi connectivity index (χ2v) is 6.88. The number of amides is 1. The summed E-state index contributed by atoms with van der Waals surface area (Å²) in [6.07, 6.45) is 4.30. The molecule has 0 saturated carbocycles. The van der Waals surface area contributed by atoms with E-state index in [9.17, 15) is 4.79 Å². The van der Waals surface area contributed by atoms with Crippen LogP contribution in [-0.4, -0.2) is 52.3 Å². The maximum absolute atomic E-state index is 12.4. The van der Waals surface area contributed by atoms with Gasteiger partial charge in [0.1, 0.15) is 17.7 Å². The minimum atomic E-state index is -0.481. The second kappa shape index (κ2) is 8.17. The standard InChI is InChI=1S/C17H28N4O3/c1-5-23-15-10-14(19-12-20-15)18-11-13-8-6-7-9-21(13)16(22)24-17(2,3)4/h10,12-13H,5-9,11H2,1-4H3,(H,18,19,20)/t13-/m1/s1. The number of nitrogens with one attached hydrogen (secondary N) is 1. The van der Waals surface area contributed by atoms with Crippen molar-refractivity contribution in [3.8, 4) is 5.88 Å². The van der Waals surface area contributed by atoms with Crippen LogP contribution < -0.4 is 10.1 Å². The molecule has 1 N–H and O–H groups in total. The van der Waals surface area contributed by atoms with E-state index < -0.39 is 5.60 Å². The molecule has 1 fully saturated rings. The van der Waals surface area contributed by atoms with E-state index in [-0.39, 0.29) is 12.1 Å². The van der Waals surface area contributed by atoms with Crippen LogP contribution in [0, 0.1) is 0 Å². The number of rotatable bonds is 5. The number of nitrogens with zero attached hydrogens (tertiary/aromatic N) is 3.